The molecule has 1 aromatic heterocycles. The molecule has 12 heteroatoms. The zero-order valence-corrected chi connectivity index (χ0v) is 27.6. The fourth-order valence-electron chi connectivity index (χ4n) is 4.74. The number of nitrogens with one attached hydrogen (secondary N) is 2. The first-order chi connectivity index (χ1) is 20.5. The van der Waals surface area contributed by atoms with Crippen LogP contribution in [0.1, 0.15) is 43.3 Å². The van der Waals surface area contributed by atoms with Gasteiger partial charge in [-0.15, -0.1) is 11.3 Å². The van der Waals surface area contributed by atoms with Crippen molar-refractivity contribution in [2.45, 2.75) is 45.3 Å². The lowest BCUT2D eigenvalue weighted by atomic mass is 9.89. The molecular formula is C31H35BrClN3O6S. The summed E-state index contributed by atoms with van der Waals surface area (Å²) >= 11 is 11.3. The third-order valence-electron chi connectivity index (χ3n) is 6.68. The SMILES string of the molecule is COC(=O)c1sc(-c2cccc(NC(C(=O)N(Cl)c3ccccc3)C3CCNCC3)c2)c(Br)c1OCC(=O)OC(C)(C)C. The van der Waals surface area contributed by atoms with Gasteiger partial charge in [0, 0.05) is 17.5 Å². The smallest absolute Gasteiger partial charge is 0.351 e. The summed E-state index contributed by atoms with van der Waals surface area (Å²) in [5, 5.41) is 6.80. The highest BCUT2D eigenvalue weighted by atomic mass is 79.9. The first-order valence-corrected chi connectivity index (χ1v) is 15.8. The monoisotopic (exact) mass is 691 g/mol. The fraction of sp³-hybridized carbons (Fsp3) is 0.387. The molecular weight excluding hydrogens is 658 g/mol. The summed E-state index contributed by atoms with van der Waals surface area (Å²) in [6.45, 7) is 6.54. The average molecular weight is 693 g/mol. The quantitative estimate of drug-likeness (QED) is 0.180. The highest BCUT2D eigenvalue weighted by Gasteiger charge is 2.33. The molecule has 1 atom stereocenters. The predicted molar refractivity (Wildman–Crippen MR) is 173 cm³/mol. The van der Waals surface area contributed by atoms with E-state index >= 15 is 0 Å². The van der Waals surface area contributed by atoms with Crippen LogP contribution in [0.4, 0.5) is 11.4 Å². The summed E-state index contributed by atoms with van der Waals surface area (Å²) in [5.74, 6) is -1.14. The van der Waals surface area contributed by atoms with Crippen molar-refractivity contribution < 1.29 is 28.6 Å². The van der Waals surface area contributed by atoms with Gasteiger partial charge in [0.05, 0.1) is 22.1 Å². The molecule has 2 heterocycles. The van der Waals surface area contributed by atoms with Crippen LogP contribution >= 0.6 is 39.0 Å². The molecule has 0 bridgehead atoms. The lowest BCUT2D eigenvalue weighted by molar-refractivity contribution is -0.157. The number of halogens is 2. The van der Waals surface area contributed by atoms with E-state index in [0.29, 0.717) is 20.7 Å². The van der Waals surface area contributed by atoms with Crippen molar-refractivity contribution in [1.82, 2.24) is 5.32 Å². The first-order valence-electron chi connectivity index (χ1n) is 13.9. The molecule has 1 aliphatic heterocycles. The Morgan fingerprint density at radius 2 is 1.81 bits per heavy atom. The molecule has 0 radical (unpaired) electrons. The van der Waals surface area contributed by atoms with E-state index in [2.05, 4.69) is 26.6 Å². The van der Waals surface area contributed by atoms with E-state index in [1.54, 1.807) is 32.9 Å². The number of ether oxygens (including phenoxy) is 3. The van der Waals surface area contributed by atoms with Crippen LogP contribution in [-0.4, -0.2) is 56.3 Å². The molecule has 0 aliphatic carbocycles. The third kappa shape index (κ3) is 8.50. The number of amides is 1. The number of thiophene rings is 1. The Balaban J connectivity index is 1.62. The molecule has 0 saturated carbocycles. The van der Waals surface area contributed by atoms with E-state index in [1.165, 1.54) is 22.9 Å². The van der Waals surface area contributed by atoms with E-state index in [1.807, 2.05) is 42.5 Å². The van der Waals surface area contributed by atoms with Gasteiger partial charge in [-0.25, -0.2) is 14.0 Å². The molecule has 1 fully saturated rings. The summed E-state index contributed by atoms with van der Waals surface area (Å²) < 4.78 is 17.8. The highest BCUT2D eigenvalue weighted by Crippen LogP contribution is 2.46. The lowest BCUT2D eigenvalue weighted by Gasteiger charge is -2.32. The fourth-order valence-corrected chi connectivity index (χ4v) is 6.92. The molecule has 3 aromatic rings. The Hall–Kier alpha value is -3.12. The van der Waals surface area contributed by atoms with Crippen molar-refractivity contribution >= 4 is 68.3 Å². The molecule has 0 spiro atoms. The summed E-state index contributed by atoms with van der Waals surface area (Å²) in [7, 11) is 1.28. The molecule has 1 unspecified atom stereocenters. The Labute approximate surface area is 269 Å². The molecule has 4 rings (SSSR count). The Bertz CT molecular complexity index is 1440. The number of para-hydroxylation sites is 1. The number of piperidine rings is 1. The number of nitrogens with zero attached hydrogens (tertiary/aromatic N) is 1. The molecule has 9 nitrogen and oxygen atoms in total. The van der Waals surface area contributed by atoms with Crippen LogP contribution in [0.25, 0.3) is 10.4 Å². The number of carbonyl (C=O) groups excluding carboxylic acids is 3. The molecule has 1 saturated heterocycles. The van der Waals surface area contributed by atoms with Crippen LogP contribution in [0.15, 0.2) is 59.1 Å². The van der Waals surface area contributed by atoms with Crippen molar-refractivity contribution in [3.8, 4) is 16.2 Å². The molecule has 230 valence electrons. The van der Waals surface area contributed by atoms with Gasteiger partial charge >= 0.3 is 11.9 Å². The second kappa shape index (κ2) is 14.6. The number of esters is 2. The van der Waals surface area contributed by atoms with Gasteiger partial charge < -0.3 is 24.8 Å². The van der Waals surface area contributed by atoms with Gasteiger partial charge in [0.15, 0.2) is 17.2 Å². The Morgan fingerprint density at radius 1 is 1.12 bits per heavy atom. The van der Waals surface area contributed by atoms with Crippen molar-refractivity contribution in [2.75, 3.05) is 36.5 Å². The lowest BCUT2D eigenvalue weighted by Crippen LogP contribution is -2.47. The van der Waals surface area contributed by atoms with Crippen molar-refractivity contribution in [1.29, 1.82) is 0 Å². The zero-order valence-electron chi connectivity index (χ0n) is 24.4. The maximum absolute atomic E-state index is 13.7. The van der Waals surface area contributed by atoms with E-state index in [4.69, 9.17) is 26.0 Å². The topological polar surface area (TPSA) is 106 Å². The van der Waals surface area contributed by atoms with Gasteiger partial charge in [-0.3, -0.25) is 4.79 Å². The second-order valence-corrected chi connectivity index (χ2v) is 13.2. The van der Waals surface area contributed by atoms with Crippen molar-refractivity contribution in [3.05, 3.63) is 63.9 Å². The van der Waals surface area contributed by atoms with Gasteiger partial charge in [0.1, 0.15) is 11.6 Å². The molecule has 1 aliphatic rings. The maximum Gasteiger partial charge on any atom is 0.351 e. The summed E-state index contributed by atoms with van der Waals surface area (Å²) in [5.41, 5.74) is 1.40. The van der Waals surface area contributed by atoms with Crippen molar-refractivity contribution in [3.63, 3.8) is 0 Å². The number of benzene rings is 2. The van der Waals surface area contributed by atoms with Gasteiger partial charge in [0.25, 0.3) is 5.91 Å². The number of methoxy groups -OCH3 is 1. The second-order valence-electron chi connectivity index (χ2n) is 11.0. The maximum atomic E-state index is 13.7. The summed E-state index contributed by atoms with van der Waals surface area (Å²) in [4.78, 5) is 39.6. The number of hydrogen-bond acceptors (Lipinski definition) is 9. The third-order valence-corrected chi connectivity index (χ3v) is 9.26. The normalized spacial score (nSPS) is 14.5. The summed E-state index contributed by atoms with van der Waals surface area (Å²) in [6, 6.07) is 16.1. The van der Waals surface area contributed by atoms with Gasteiger partial charge in [0.2, 0.25) is 0 Å². The molecule has 43 heavy (non-hydrogen) atoms. The largest absolute Gasteiger partial charge is 0.479 e. The minimum Gasteiger partial charge on any atom is -0.479 e. The van der Waals surface area contributed by atoms with Crippen LogP contribution in [0, 0.1) is 5.92 Å². The number of hydrogen-bond donors (Lipinski definition) is 2. The highest BCUT2D eigenvalue weighted by molar-refractivity contribution is 9.10. The first kappa shape index (κ1) is 32.8. The van der Waals surface area contributed by atoms with Crippen LogP contribution in [-0.2, 0) is 19.1 Å². The number of carbonyl (C=O) groups is 3. The molecule has 2 N–H and O–H groups in total. The minimum atomic E-state index is -0.676. The van der Waals surface area contributed by atoms with E-state index in [9.17, 15) is 14.4 Å². The van der Waals surface area contributed by atoms with E-state index in [-0.39, 0.29) is 29.1 Å². The summed E-state index contributed by atoms with van der Waals surface area (Å²) in [6.07, 6.45) is 1.64. The number of rotatable bonds is 10. The Morgan fingerprint density at radius 3 is 2.47 bits per heavy atom. The van der Waals surface area contributed by atoms with Gasteiger partial charge in [-0.05, 0) is 98.4 Å². The zero-order chi connectivity index (χ0) is 31.1. The minimum absolute atomic E-state index is 0.0645. The standard InChI is InChI=1S/C31H35BrClN3O6S/c1-31(2,3)42-23(37)18-41-26-24(32)27(43-28(26)30(39)40-4)20-9-8-10-21(17-20)35-25(19-13-15-34-16-14-19)29(38)36(33)22-11-6-5-7-12-22/h5-12,17,19,25,34-35H,13-16,18H2,1-4H3. The number of anilines is 2. The van der Waals surface area contributed by atoms with Gasteiger partial charge in [-0.2, -0.15) is 0 Å². The Kier molecular flexibility index (Phi) is 11.1. The van der Waals surface area contributed by atoms with Crippen molar-refractivity contribution in [2.24, 2.45) is 5.92 Å². The van der Waals surface area contributed by atoms with Gasteiger partial charge in [-0.1, -0.05) is 30.3 Å². The predicted octanol–water partition coefficient (Wildman–Crippen LogP) is 6.65. The van der Waals surface area contributed by atoms with E-state index < -0.39 is 23.6 Å². The van der Waals surface area contributed by atoms with E-state index in [0.717, 1.165) is 31.5 Å². The van der Waals surface area contributed by atoms with Crippen LogP contribution < -0.4 is 19.8 Å². The van der Waals surface area contributed by atoms with Crippen LogP contribution in [0.2, 0.25) is 0 Å². The average Bonchev–Trinajstić information content (AvgIpc) is 3.33. The molecule has 1 amide bonds. The van der Waals surface area contributed by atoms with Crippen LogP contribution in [0.3, 0.4) is 0 Å². The molecule has 2 aromatic carbocycles. The van der Waals surface area contributed by atoms with Crippen LogP contribution in [0.5, 0.6) is 5.75 Å².